The van der Waals surface area contributed by atoms with Crippen molar-refractivity contribution < 1.29 is 5.11 Å². The molecule has 1 saturated carbocycles. The predicted octanol–water partition coefficient (Wildman–Crippen LogP) is 3.59. The summed E-state index contributed by atoms with van der Waals surface area (Å²) in [6, 6.07) is 7.76. The first-order chi connectivity index (χ1) is 10.3. The lowest BCUT2D eigenvalue weighted by molar-refractivity contribution is 0.339. The predicted molar refractivity (Wildman–Crippen MR) is 86.8 cm³/mol. The molecule has 0 aromatic heterocycles. The van der Waals surface area contributed by atoms with Crippen molar-refractivity contribution in [3.8, 4) is 5.75 Å². The third-order valence-corrected chi connectivity index (χ3v) is 4.39. The standard InChI is InChI=1S/C17H25N3O/c21-16-10-6-9-15(13-16)19-17(18-14-7-2-3-8-14)20-11-4-1-5-12-20/h6,9-10,13-14,21H,1-5,7-8,11-12H2,(H,18,19). The summed E-state index contributed by atoms with van der Waals surface area (Å²) in [6.45, 7) is 2.16. The van der Waals surface area contributed by atoms with Crippen LogP contribution < -0.4 is 5.32 Å². The summed E-state index contributed by atoms with van der Waals surface area (Å²) in [4.78, 5) is 7.34. The molecule has 3 rings (SSSR count). The Morgan fingerprint density at radius 3 is 2.57 bits per heavy atom. The molecule has 0 radical (unpaired) electrons. The van der Waals surface area contributed by atoms with Gasteiger partial charge in [0.2, 0.25) is 0 Å². The van der Waals surface area contributed by atoms with Crippen molar-refractivity contribution in [1.82, 2.24) is 4.90 Å². The van der Waals surface area contributed by atoms with Gasteiger partial charge in [-0.2, -0.15) is 0 Å². The van der Waals surface area contributed by atoms with Gasteiger partial charge in [0.1, 0.15) is 5.75 Å². The molecule has 4 nitrogen and oxygen atoms in total. The van der Waals surface area contributed by atoms with Gasteiger partial charge in [0.15, 0.2) is 5.96 Å². The van der Waals surface area contributed by atoms with Crippen LogP contribution in [0.1, 0.15) is 44.9 Å². The second kappa shape index (κ2) is 6.83. The van der Waals surface area contributed by atoms with Crippen LogP contribution in [0.25, 0.3) is 0 Å². The zero-order valence-electron chi connectivity index (χ0n) is 12.6. The first-order valence-corrected chi connectivity index (χ1v) is 8.20. The highest BCUT2D eigenvalue weighted by atomic mass is 16.3. The SMILES string of the molecule is Oc1cccc(NC(=NC2CCCC2)N2CCCCC2)c1. The molecule has 1 aliphatic heterocycles. The largest absolute Gasteiger partial charge is 0.508 e. The Bertz CT molecular complexity index is 489. The van der Waals surface area contributed by atoms with E-state index in [-0.39, 0.29) is 0 Å². The van der Waals surface area contributed by atoms with Gasteiger partial charge in [-0.1, -0.05) is 18.9 Å². The molecule has 2 fully saturated rings. The summed E-state index contributed by atoms with van der Waals surface area (Å²) in [5.41, 5.74) is 0.914. The van der Waals surface area contributed by atoms with E-state index in [4.69, 9.17) is 4.99 Å². The van der Waals surface area contributed by atoms with Gasteiger partial charge in [-0.25, -0.2) is 4.99 Å². The number of rotatable bonds is 2. The highest BCUT2D eigenvalue weighted by molar-refractivity contribution is 5.94. The molecular formula is C17H25N3O. The van der Waals surface area contributed by atoms with Crippen molar-refractivity contribution in [2.45, 2.75) is 51.0 Å². The van der Waals surface area contributed by atoms with Crippen molar-refractivity contribution in [2.24, 2.45) is 4.99 Å². The molecule has 0 atom stereocenters. The van der Waals surface area contributed by atoms with Crippen LogP contribution in [-0.4, -0.2) is 35.1 Å². The Balaban J connectivity index is 1.77. The van der Waals surface area contributed by atoms with E-state index < -0.39 is 0 Å². The van der Waals surface area contributed by atoms with Gasteiger partial charge < -0.3 is 15.3 Å². The number of phenolic OH excluding ortho intramolecular Hbond substituents is 1. The van der Waals surface area contributed by atoms with Crippen molar-refractivity contribution in [2.75, 3.05) is 18.4 Å². The van der Waals surface area contributed by atoms with Crippen LogP contribution in [0, 0.1) is 0 Å². The van der Waals surface area contributed by atoms with E-state index in [9.17, 15) is 5.11 Å². The van der Waals surface area contributed by atoms with Crippen LogP contribution in [0.5, 0.6) is 5.75 Å². The monoisotopic (exact) mass is 287 g/mol. The molecule has 1 aromatic rings. The number of aromatic hydroxyl groups is 1. The molecule has 0 bridgehead atoms. The van der Waals surface area contributed by atoms with Crippen LogP contribution in [0.4, 0.5) is 5.69 Å². The normalized spacial score (nSPS) is 20.8. The molecule has 4 heteroatoms. The summed E-state index contributed by atoms with van der Waals surface area (Å²) in [6.07, 6.45) is 8.81. The summed E-state index contributed by atoms with van der Waals surface area (Å²) < 4.78 is 0. The van der Waals surface area contributed by atoms with Gasteiger partial charge in [-0.3, -0.25) is 0 Å². The van der Waals surface area contributed by atoms with E-state index in [0.717, 1.165) is 24.7 Å². The Morgan fingerprint density at radius 2 is 1.86 bits per heavy atom. The molecule has 21 heavy (non-hydrogen) atoms. The van der Waals surface area contributed by atoms with E-state index in [0.29, 0.717) is 11.8 Å². The molecule has 1 aliphatic carbocycles. The van der Waals surface area contributed by atoms with Crippen molar-refractivity contribution in [3.63, 3.8) is 0 Å². The van der Waals surface area contributed by atoms with E-state index in [2.05, 4.69) is 10.2 Å². The number of nitrogens with one attached hydrogen (secondary N) is 1. The number of nitrogens with zero attached hydrogens (tertiary/aromatic N) is 2. The van der Waals surface area contributed by atoms with Crippen LogP contribution >= 0.6 is 0 Å². The van der Waals surface area contributed by atoms with Crippen molar-refractivity contribution in [3.05, 3.63) is 24.3 Å². The molecule has 1 aromatic carbocycles. The zero-order chi connectivity index (χ0) is 14.5. The van der Waals surface area contributed by atoms with Crippen LogP contribution in [0.15, 0.2) is 29.3 Å². The fraction of sp³-hybridized carbons (Fsp3) is 0.588. The van der Waals surface area contributed by atoms with Gasteiger partial charge >= 0.3 is 0 Å². The number of likely N-dealkylation sites (tertiary alicyclic amines) is 1. The van der Waals surface area contributed by atoms with E-state index in [1.807, 2.05) is 12.1 Å². The molecule has 0 spiro atoms. The molecule has 1 heterocycles. The quantitative estimate of drug-likeness (QED) is 0.645. The third-order valence-electron chi connectivity index (χ3n) is 4.39. The molecular weight excluding hydrogens is 262 g/mol. The second-order valence-electron chi connectivity index (χ2n) is 6.11. The van der Waals surface area contributed by atoms with E-state index in [1.54, 1.807) is 12.1 Å². The minimum atomic E-state index is 0.291. The van der Waals surface area contributed by atoms with Crippen LogP contribution in [-0.2, 0) is 0 Å². The number of aliphatic imine (C=N–C) groups is 1. The third kappa shape index (κ3) is 3.90. The average Bonchev–Trinajstić information content (AvgIpc) is 3.01. The summed E-state index contributed by atoms with van der Waals surface area (Å²) >= 11 is 0. The van der Waals surface area contributed by atoms with Gasteiger partial charge in [-0.15, -0.1) is 0 Å². The fourth-order valence-corrected chi connectivity index (χ4v) is 3.22. The number of guanidine groups is 1. The average molecular weight is 287 g/mol. The Labute approximate surface area is 126 Å². The summed E-state index contributed by atoms with van der Waals surface area (Å²) in [7, 11) is 0. The highest BCUT2D eigenvalue weighted by Crippen LogP contribution is 2.23. The van der Waals surface area contributed by atoms with Crippen molar-refractivity contribution >= 4 is 11.6 Å². The van der Waals surface area contributed by atoms with Crippen molar-refractivity contribution in [1.29, 1.82) is 0 Å². The minimum Gasteiger partial charge on any atom is -0.508 e. The number of piperidine rings is 1. The van der Waals surface area contributed by atoms with E-state index >= 15 is 0 Å². The lowest BCUT2D eigenvalue weighted by Crippen LogP contribution is -2.40. The molecule has 114 valence electrons. The maximum absolute atomic E-state index is 9.63. The molecule has 2 aliphatic rings. The van der Waals surface area contributed by atoms with Crippen LogP contribution in [0.3, 0.4) is 0 Å². The lowest BCUT2D eigenvalue weighted by atomic mass is 10.1. The van der Waals surface area contributed by atoms with Gasteiger partial charge in [0.05, 0.1) is 6.04 Å². The summed E-state index contributed by atoms with van der Waals surface area (Å²) in [5, 5.41) is 13.1. The molecule has 1 saturated heterocycles. The van der Waals surface area contributed by atoms with Gasteiger partial charge in [0, 0.05) is 24.8 Å². The fourth-order valence-electron chi connectivity index (χ4n) is 3.22. The number of hydrogen-bond donors (Lipinski definition) is 2. The maximum atomic E-state index is 9.63. The Hall–Kier alpha value is -1.71. The summed E-state index contributed by atoms with van der Waals surface area (Å²) in [5.74, 6) is 1.28. The molecule has 0 amide bonds. The Kier molecular flexibility index (Phi) is 4.63. The number of benzene rings is 1. The topological polar surface area (TPSA) is 47.9 Å². The molecule has 2 N–H and O–H groups in total. The second-order valence-corrected chi connectivity index (χ2v) is 6.11. The first-order valence-electron chi connectivity index (χ1n) is 8.20. The van der Waals surface area contributed by atoms with E-state index in [1.165, 1.54) is 44.9 Å². The lowest BCUT2D eigenvalue weighted by Gasteiger charge is -2.31. The smallest absolute Gasteiger partial charge is 0.198 e. The highest BCUT2D eigenvalue weighted by Gasteiger charge is 2.19. The first kappa shape index (κ1) is 14.2. The van der Waals surface area contributed by atoms with Crippen LogP contribution in [0.2, 0.25) is 0 Å². The van der Waals surface area contributed by atoms with Gasteiger partial charge in [-0.05, 0) is 44.2 Å². The minimum absolute atomic E-state index is 0.291. The maximum Gasteiger partial charge on any atom is 0.198 e. The Morgan fingerprint density at radius 1 is 1.10 bits per heavy atom. The van der Waals surface area contributed by atoms with Gasteiger partial charge in [0.25, 0.3) is 0 Å². The number of anilines is 1. The molecule has 0 unspecified atom stereocenters. The number of hydrogen-bond acceptors (Lipinski definition) is 2. The number of phenols is 1. The zero-order valence-corrected chi connectivity index (χ0v) is 12.6.